The first-order chi connectivity index (χ1) is 12.8. The fourth-order valence-electron chi connectivity index (χ4n) is 2.93. The first-order valence-corrected chi connectivity index (χ1v) is 8.75. The number of carbonyl (C=O) groups is 3. The molecular formula is C19H26N4O4. The van der Waals surface area contributed by atoms with E-state index < -0.39 is 12.0 Å². The first kappa shape index (κ1) is 20.3. The number of amides is 4. The fraction of sp³-hybridized carbons (Fsp3) is 0.421. The first-order valence-electron chi connectivity index (χ1n) is 8.75. The van der Waals surface area contributed by atoms with Gasteiger partial charge in [-0.1, -0.05) is 19.1 Å². The molecule has 0 fully saturated rings. The lowest BCUT2D eigenvalue weighted by Gasteiger charge is -2.35. The zero-order valence-electron chi connectivity index (χ0n) is 16.3. The number of rotatable bonds is 5. The number of hydrogen-bond donors (Lipinski definition) is 2. The maximum Gasteiger partial charge on any atom is 0.337 e. The lowest BCUT2D eigenvalue weighted by Crippen LogP contribution is -2.48. The Balaban J connectivity index is 2.45. The summed E-state index contributed by atoms with van der Waals surface area (Å²) in [6.45, 7) is 4.20. The Bertz CT molecular complexity index is 773. The SMILES string of the molecule is CCCN1C(=O)NC(c2cccc(NC(=O)N(C)C)c2)C(C(=O)OC)=C1C. The third-order valence-electron chi connectivity index (χ3n) is 4.33. The van der Waals surface area contributed by atoms with Gasteiger partial charge in [0.25, 0.3) is 0 Å². The number of esters is 1. The summed E-state index contributed by atoms with van der Waals surface area (Å²) in [5.74, 6) is -0.499. The van der Waals surface area contributed by atoms with Crippen molar-refractivity contribution in [3.63, 3.8) is 0 Å². The summed E-state index contributed by atoms with van der Waals surface area (Å²) in [5.41, 5.74) is 2.19. The Morgan fingerprint density at radius 3 is 2.63 bits per heavy atom. The number of methoxy groups -OCH3 is 1. The number of allylic oxidation sites excluding steroid dienone is 1. The largest absolute Gasteiger partial charge is 0.466 e. The molecular weight excluding hydrogens is 348 g/mol. The molecule has 1 heterocycles. The van der Waals surface area contributed by atoms with Gasteiger partial charge in [0, 0.05) is 32.0 Å². The molecule has 8 nitrogen and oxygen atoms in total. The molecule has 146 valence electrons. The molecule has 1 unspecified atom stereocenters. The van der Waals surface area contributed by atoms with Crippen molar-refractivity contribution in [1.29, 1.82) is 0 Å². The zero-order valence-corrected chi connectivity index (χ0v) is 16.3. The van der Waals surface area contributed by atoms with Gasteiger partial charge in [-0.05, 0) is 31.0 Å². The third kappa shape index (κ3) is 4.39. The molecule has 1 atom stereocenters. The lowest BCUT2D eigenvalue weighted by atomic mass is 9.94. The summed E-state index contributed by atoms with van der Waals surface area (Å²) in [6, 6.07) is 5.83. The molecule has 0 saturated heterocycles. The van der Waals surface area contributed by atoms with Crippen LogP contribution < -0.4 is 10.6 Å². The van der Waals surface area contributed by atoms with Gasteiger partial charge >= 0.3 is 18.0 Å². The number of urea groups is 2. The molecule has 0 aromatic heterocycles. The lowest BCUT2D eigenvalue weighted by molar-refractivity contribution is -0.136. The zero-order chi connectivity index (χ0) is 20.1. The van der Waals surface area contributed by atoms with Crippen molar-refractivity contribution < 1.29 is 19.1 Å². The number of nitrogens with one attached hydrogen (secondary N) is 2. The maximum absolute atomic E-state index is 12.5. The minimum atomic E-state index is -0.658. The number of anilines is 1. The molecule has 2 rings (SSSR count). The molecule has 0 radical (unpaired) electrons. The van der Waals surface area contributed by atoms with E-state index in [-0.39, 0.29) is 12.1 Å². The number of nitrogens with zero attached hydrogens (tertiary/aromatic N) is 2. The molecule has 0 saturated carbocycles. The predicted molar refractivity (Wildman–Crippen MR) is 102 cm³/mol. The van der Waals surface area contributed by atoms with Gasteiger partial charge in [0.05, 0.1) is 18.7 Å². The summed E-state index contributed by atoms with van der Waals surface area (Å²) in [7, 11) is 4.60. The molecule has 1 aliphatic heterocycles. The molecule has 8 heteroatoms. The number of ether oxygens (including phenoxy) is 1. The Morgan fingerprint density at radius 1 is 1.33 bits per heavy atom. The van der Waals surface area contributed by atoms with Crippen LogP contribution in [-0.2, 0) is 9.53 Å². The van der Waals surface area contributed by atoms with Gasteiger partial charge in [-0.3, -0.25) is 4.90 Å². The van der Waals surface area contributed by atoms with Crippen molar-refractivity contribution in [2.75, 3.05) is 33.1 Å². The quantitative estimate of drug-likeness (QED) is 0.775. The van der Waals surface area contributed by atoms with Crippen LogP contribution in [-0.4, -0.2) is 55.6 Å². The van der Waals surface area contributed by atoms with Crippen LogP contribution in [0.25, 0.3) is 0 Å². The summed E-state index contributed by atoms with van der Waals surface area (Å²) in [4.78, 5) is 39.8. The van der Waals surface area contributed by atoms with Crippen LogP contribution in [0, 0.1) is 0 Å². The smallest absolute Gasteiger partial charge is 0.337 e. The highest BCUT2D eigenvalue weighted by Crippen LogP contribution is 2.32. The van der Waals surface area contributed by atoms with Crippen LogP contribution in [0.5, 0.6) is 0 Å². The second kappa shape index (κ2) is 8.57. The highest BCUT2D eigenvalue weighted by Gasteiger charge is 2.35. The van der Waals surface area contributed by atoms with Crippen molar-refractivity contribution in [1.82, 2.24) is 15.1 Å². The Labute approximate surface area is 159 Å². The maximum atomic E-state index is 12.5. The molecule has 2 N–H and O–H groups in total. The van der Waals surface area contributed by atoms with Crippen LogP contribution in [0.2, 0.25) is 0 Å². The van der Waals surface area contributed by atoms with E-state index >= 15 is 0 Å². The van der Waals surface area contributed by atoms with Crippen LogP contribution >= 0.6 is 0 Å². The standard InChI is InChI=1S/C19H26N4O4/c1-6-10-23-12(2)15(17(24)27-5)16(21-19(23)26)13-8-7-9-14(11-13)20-18(25)22(3)4/h7-9,11,16H,6,10H2,1-5H3,(H,20,25)(H,21,26). The van der Waals surface area contributed by atoms with Gasteiger partial charge in [-0.25, -0.2) is 14.4 Å². The van der Waals surface area contributed by atoms with Crippen molar-refractivity contribution in [3.05, 3.63) is 41.1 Å². The summed E-state index contributed by atoms with van der Waals surface area (Å²) < 4.78 is 4.95. The van der Waals surface area contributed by atoms with Crippen LogP contribution in [0.3, 0.4) is 0 Å². The van der Waals surface area contributed by atoms with Gasteiger partial charge in [-0.2, -0.15) is 0 Å². The second-order valence-corrected chi connectivity index (χ2v) is 6.47. The Morgan fingerprint density at radius 2 is 2.04 bits per heavy atom. The van der Waals surface area contributed by atoms with E-state index in [9.17, 15) is 14.4 Å². The van der Waals surface area contributed by atoms with Crippen LogP contribution in [0.15, 0.2) is 35.5 Å². The van der Waals surface area contributed by atoms with E-state index in [2.05, 4.69) is 10.6 Å². The third-order valence-corrected chi connectivity index (χ3v) is 4.33. The monoisotopic (exact) mass is 374 g/mol. The van der Waals surface area contributed by atoms with E-state index in [1.165, 1.54) is 12.0 Å². The number of hydrogen-bond acceptors (Lipinski definition) is 4. The summed E-state index contributed by atoms with van der Waals surface area (Å²) in [5, 5.41) is 5.63. The minimum absolute atomic E-state index is 0.269. The van der Waals surface area contributed by atoms with Gasteiger partial charge in [0.2, 0.25) is 0 Å². The van der Waals surface area contributed by atoms with Crippen molar-refractivity contribution in [3.8, 4) is 0 Å². The molecule has 1 aliphatic rings. The van der Waals surface area contributed by atoms with Crippen LogP contribution in [0.1, 0.15) is 31.9 Å². The Kier molecular flexibility index (Phi) is 6.44. The number of carbonyl (C=O) groups excluding carboxylic acids is 3. The highest BCUT2D eigenvalue weighted by atomic mass is 16.5. The summed E-state index contributed by atoms with van der Waals surface area (Å²) in [6.07, 6.45) is 0.760. The van der Waals surface area contributed by atoms with Crippen molar-refractivity contribution >= 4 is 23.7 Å². The molecule has 1 aromatic rings. The molecule has 27 heavy (non-hydrogen) atoms. The van der Waals surface area contributed by atoms with Gasteiger partial charge < -0.3 is 20.3 Å². The molecule has 0 spiro atoms. The Hall–Kier alpha value is -3.03. The molecule has 0 aliphatic carbocycles. The van der Waals surface area contributed by atoms with Gasteiger partial charge in [-0.15, -0.1) is 0 Å². The van der Waals surface area contributed by atoms with E-state index in [1.807, 2.05) is 6.92 Å². The molecule has 4 amide bonds. The average molecular weight is 374 g/mol. The number of benzene rings is 1. The summed E-state index contributed by atoms with van der Waals surface area (Å²) >= 11 is 0. The van der Waals surface area contributed by atoms with Crippen LogP contribution in [0.4, 0.5) is 15.3 Å². The topological polar surface area (TPSA) is 91.0 Å². The van der Waals surface area contributed by atoms with Gasteiger partial charge in [0.15, 0.2) is 0 Å². The van der Waals surface area contributed by atoms with E-state index in [0.29, 0.717) is 29.1 Å². The van der Waals surface area contributed by atoms with Gasteiger partial charge in [0.1, 0.15) is 0 Å². The highest BCUT2D eigenvalue weighted by molar-refractivity contribution is 5.95. The minimum Gasteiger partial charge on any atom is -0.466 e. The van der Waals surface area contributed by atoms with Crippen molar-refractivity contribution in [2.45, 2.75) is 26.3 Å². The fourth-order valence-corrected chi connectivity index (χ4v) is 2.93. The average Bonchev–Trinajstić information content (AvgIpc) is 2.64. The second-order valence-electron chi connectivity index (χ2n) is 6.47. The normalized spacial score (nSPS) is 16.7. The predicted octanol–water partition coefficient (Wildman–Crippen LogP) is 2.70. The molecule has 0 bridgehead atoms. The molecule has 1 aromatic carbocycles. The van der Waals surface area contributed by atoms with E-state index in [4.69, 9.17) is 4.74 Å². The van der Waals surface area contributed by atoms with E-state index in [0.717, 1.165) is 6.42 Å². The van der Waals surface area contributed by atoms with Crippen molar-refractivity contribution in [2.24, 2.45) is 0 Å². The van der Waals surface area contributed by atoms with E-state index in [1.54, 1.807) is 50.2 Å².